The van der Waals surface area contributed by atoms with E-state index in [1.807, 2.05) is 0 Å². The maximum absolute atomic E-state index is 11.4. The summed E-state index contributed by atoms with van der Waals surface area (Å²) in [4.78, 5) is 11.4. The lowest BCUT2D eigenvalue weighted by Gasteiger charge is -2.11. The topological polar surface area (TPSA) is 64.3 Å². The number of hydrogen-bond acceptors (Lipinski definition) is 3. The van der Waals surface area contributed by atoms with Crippen molar-refractivity contribution in [2.24, 2.45) is 5.73 Å². The number of ether oxygens (including phenoxy) is 1. The molecule has 0 saturated carbocycles. The van der Waals surface area contributed by atoms with E-state index < -0.39 is 0 Å². The molecule has 88 valence electrons. The Morgan fingerprint density at radius 1 is 1.60 bits per heavy atom. The molecular weight excluding hydrogens is 192 g/mol. The van der Waals surface area contributed by atoms with Crippen molar-refractivity contribution in [1.82, 2.24) is 5.32 Å². The van der Waals surface area contributed by atoms with Crippen LogP contribution >= 0.6 is 0 Å². The van der Waals surface area contributed by atoms with Gasteiger partial charge in [-0.05, 0) is 12.8 Å². The fraction of sp³-hybridized carbons (Fsp3) is 0.727. The molecule has 0 radical (unpaired) electrons. The molecule has 0 saturated heterocycles. The minimum Gasteiger partial charge on any atom is -0.502 e. The molecule has 0 fully saturated rings. The smallest absolute Gasteiger partial charge is 0.236 e. The van der Waals surface area contributed by atoms with Crippen molar-refractivity contribution in [2.45, 2.75) is 38.6 Å². The van der Waals surface area contributed by atoms with E-state index in [2.05, 4.69) is 18.8 Å². The van der Waals surface area contributed by atoms with Gasteiger partial charge in [-0.1, -0.05) is 26.3 Å². The predicted octanol–water partition coefficient (Wildman–Crippen LogP) is 1.17. The lowest BCUT2D eigenvalue weighted by molar-refractivity contribution is -0.122. The average molecular weight is 214 g/mol. The highest BCUT2D eigenvalue weighted by molar-refractivity contribution is 5.81. The van der Waals surface area contributed by atoms with Gasteiger partial charge < -0.3 is 15.8 Å². The monoisotopic (exact) mass is 214 g/mol. The van der Waals surface area contributed by atoms with Gasteiger partial charge in [-0.25, -0.2) is 0 Å². The summed E-state index contributed by atoms with van der Waals surface area (Å²) >= 11 is 0. The molecule has 4 heteroatoms. The molecule has 1 atom stereocenters. The molecule has 0 aliphatic carbocycles. The second kappa shape index (κ2) is 9.52. The van der Waals surface area contributed by atoms with Crippen LogP contribution in [0.25, 0.3) is 0 Å². The van der Waals surface area contributed by atoms with E-state index in [4.69, 9.17) is 10.5 Å². The lowest BCUT2D eigenvalue weighted by atomic mass is 10.1. The Balaban J connectivity index is 3.42. The van der Waals surface area contributed by atoms with Gasteiger partial charge in [0.1, 0.15) is 0 Å². The summed E-state index contributed by atoms with van der Waals surface area (Å²) in [6, 6.07) is -0.370. The Kier molecular flexibility index (Phi) is 8.87. The lowest BCUT2D eigenvalue weighted by Crippen LogP contribution is -2.41. The molecule has 0 bridgehead atoms. The quantitative estimate of drug-likeness (QED) is 0.447. The molecule has 0 rings (SSSR count). The minimum atomic E-state index is -0.370. The van der Waals surface area contributed by atoms with E-state index in [1.54, 1.807) is 0 Å². The Bertz CT molecular complexity index is 183. The van der Waals surface area contributed by atoms with Crippen LogP contribution in [0.5, 0.6) is 0 Å². The Morgan fingerprint density at radius 2 is 2.33 bits per heavy atom. The van der Waals surface area contributed by atoms with Gasteiger partial charge in [-0.3, -0.25) is 4.79 Å². The molecule has 3 N–H and O–H groups in total. The summed E-state index contributed by atoms with van der Waals surface area (Å²) in [6.07, 6.45) is 4.99. The van der Waals surface area contributed by atoms with E-state index in [1.165, 1.54) is 6.26 Å². The van der Waals surface area contributed by atoms with E-state index in [0.29, 0.717) is 13.2 Å². The molecule has 15 heavy (non-hydrogen) atoms. The average Bonchev–Trinajstić information content (AvgIpc) is 2.25. The number of amides is 1. The van der Waals surface area contributed by atoms with Crippen molar-refractivity contribution in [2.75, 3.05) is 13.2 Å². The second-order valence-corrected chi connectivity index (χ2v) is 3.43. The van der Waals surface area contributed by atoms with Gasteiger partial charge in [-0.2, -0.15) is 0 Å². The molecule has 4 nitrogen and oxygen atoms in total. The van der Waals surface area contributed by atoms with Crippen LogP contribution in [-0.2, 0) is 9.53 Å². The first-order valence-corrected chi connectivity index (χ1v) is 5.48. The predicted molar refractivity (Wildman–Crippen MR) is 61.3 cm³/mol. The van der Waals surface area contributed by atoms with Crippen LogP contribution in [0, 0.1) is 0 Å². The standard InChI is InChI=1S/C11H22N2O2/c1-3-5-7-10(12)11(14)13-8-6-9-15-4-2/h4,10H,2-3,5-9,12H2,1H3,(H,13,14)/t10-/m0/s1. The van der Waals surface area contributed by atoms with Crippen LogP contribution in [0.4, 0.5) is 0 Å². The van der Waals surface area contributed by atoms with Crippen molar-refractivity contribution in [3.63, 3.8) is 0 Å². The van der Waals surface area contributed by atoms with Crippen LogP contribution < -0.4 is 11.1 Å². The molecule has 1 amide bonds. The fourth-order valence-corrected chi connectivity index (χ4v) is 1.14. The zero-order valence-electron chi connectivity index (χ0n) is 9.50. The van der Waals surface area contributed by atoms with E-state index in [0.717, 1.165) is 25.7 Å². The molecular formula is C11H22N2O2. The van der Waals surface area contributed by atoms with Crippen molar-refractivity contribution in [3.05, 3.63) is 12.8 Å². The Hall–Kier alpha value is -1.03. The summed E-state index contributed by atoms with van der Waals surface area (Å²) in [5, 5.41) is 2.77. The van der Waals surface area contributed by atoms with Crippen molar-refractivity contribution < 1.29 is 9.53 Å². The van der Waals surface area contributed by atoms with Gasteiger partial charge in [0, 0.05) is 6.54 Å². The second-order valence-electron chi connectivity index (χ2n) is 3.43. The zero-order valence-corrected chi connectivity index (χ0v) is 9.50. The van der Waals surface area contributed by atoms with Gasteiger partial charge in [0.25, 0.3) is 0 Å². The number of nitrogens with one attached hydrogen (secondary N) is 1. The van der Waals surface area contributed by atoms with Gasteiger partial charge in [0.05, 0.1) is 18.9 Å². The SMILES string of the molecule is C=COCCCNC(=O)[C@@H](N)CCCC. The highest BCUT2D eigenvalue weighted by atomic mass is 16.5. The number of unbranched alkanes of at least 4 members (excludes halogenated alkanes) is 1. The van der Waals surface area contributed by atoms with Gasteiger partial charge in [0.2, 0.25) is 5.91 Å². The van der Waals surface area contributed by atoms with E-state index in [-0.39, 0.29) is 11.9 Å². The third-order valence-electron chi connectivity index (χ3n) is 2.06. The highest BCUT2D eigenvalue weighted by Gasteiger charge is 2.11. The third kappa shape index (κ3) is 8.00. The largest absolute Gasteiger partial charge is 0.502 e. The van der Waals surface area contributed by atoms with Crippen molar-refractivity contribution >= 4 is 5.91 Å². The van der Waals surface area contributed by atoms with E-state index >= 15 is 0 Å². The summed E-state index contributed by atoms with van der Waals surface area (Å²) in [6.45, 7) is 6.69. The van der Waals surface area contributed by atoms with Crippen LogP contribution in [0.1, 0.15) is 32.6 Å². The Morgan fingerprint density at radius 3 is 2.93 bits per heavy atom. The summed E-state index contributed by atoms with van der Waals surface area (Å²) < 4.78 is 4.92. The molecule has 0 heterocycles. The van der Waals surface area contributed by atoms with E-state index in [9.17, 15) is 4.79 Å². The minimum absolute atomic E-state index is 0.0675. The number of rotatable bonds is 9. The maximum Gasteiger partial charge on any atom is 0.236 e. The molecule has 0 unspecified atom stereocenters. The normalized spacial score (nSPS) is 11.9. The first-order valence-electron chi connectivity index (χ1n) is 5.48. The first kappa shape index (κ1) is 14.0. The zero-order chi connectivity index (χ0) is 11.5. The molecule has 0 aromatic heterocycles. The molecule has 0 aromatic rings. The highest BCUT2D eigenvalue weighted by Crippen LogP contribution is 1.97. The number of carbonyl (C=O) groups excluding carboxylic acids is 1. The Labute approximate surface area is 91.9 Å². The van der Waals surface area contributed by atoms with Crippen LogP contribution in [0.3, 0.4) is 0 Å². The van der Waals surface area contributed by atoms with Crippen molar-refractivity contribution in [1.29, 1.82) is 0 Å². The maximum atomic E-state index is 11.4. The van der Waals surface area contributed by atoms with Gasteiger partial charge in [0.15, 0.2) is 0 Å². The van der Waals surface area contributed by atoms with Crippen LogP contribution in [0.2, 0.25) is 0 Å². The number of hydrogen-bond donors (Lipinski definition) is 2. The number of carbonyl (C=O) groups is 1. The molecule has 0 aliphatic rings. The molecule has 0 aliphatic heterocycles. The summed E-state index contributed by atoms with van der Waals surface area (Å²) in [5.74, 6) is -0.0675. The third-order valence-corrected chi connectivity index (χ3v) is 2.06. The van der Waals surface area contributed by atoms with Gasteiger partial charge in [-0.15, -0.1) is 0 Å². The molecule has 0 aromatic carbocycles. The van der Waals surface area contributed by atoms with Crippen LogP contribution in [0.15, 0.2) is 12.8 Å². The summed E-state index contributed by atoms with van der Waals surface area (Å²) in [5.41, 5.74) is 5.68. The van der Waals surface area contributed by atoms with Gasteiger partial charge >= 0.3 is 0 Å². The molecule has 0 spiro atoms. The fourth-order valence-electron chi connectivity index (χ4n) is 1.14. The summed E-state index contributed by atoms with van der Waals surface area (Å²) in [7, 11) is 0. The number of nitrogens with two attached hydrogens (primary N) is 1. The van der Waals surface area contributed by atoms with Crippen LogP contribution in [-0.4, -0.2) is 25.1 Å². The first-order chi connectivity index (χ1) is 7.22. The van der Waals surface area contributed by atoms with Crippen molar-refractivity contribution in [3.8, 4) is 0 Å².